The number of thiophene rings is 2. The molecular formula is C34H17F4N3O2S2. The summed E-state index contributed by atoms with van der Waals surface area (Å²) in [5.74, 6) is -5.37. The second-order valence-corrected chi connectivity index (χ2v) is 12.1. The summed E-state index contributed by atoms with van der Waals surface area (Å²) in [6.45, 7) is 0. The Morgan fingerprint density at radius 2 is 0.978 bits per heavy atom. The number of carbonyl (C=O) groups excluding carboxylic acids is 2. The van der Waals surface area contributed by atoms with E-state index in [-0.39, 0.29) is 17.2 Å². The Bertz CT molecular complexity index is 2050. The van der Waals surface area contributed by atoms with Gasteiger partial charge in [0.2, 0.25) is 11.6 Å². The van der Waals surface area contributed by atoms with Crippen LogP contribution in [0, 0.1) is 23.5 Å². The highest BCUT2D eigenvalue weighted by atomic mass is 32.1. The molecule has 0 N–H and O–H groups in total. The van der Waals surface area contributed by atoms with Crippen molar-refractivity contribution in [2.24, 2.45) is 0 Å². The van der Waals surface area contributed by atoms with Crippen LogP contribution in [0.4, 0.5) is 34.6 Å². The van der Waals surface area contributed by atoms with Gasteiger partial charge in [-0.3, -0.25) is 9.59 Å². The Kier molecular flexibility index (Phi) is 7.19. The number of nitrogens with zero attached hydrogens (tertiary/aromatic N) is 3. The van der Waals surface area contributed by atoms with E-state index in [1.165, 1.54) is 41.7 Å². The van der Waals surface area contributed by atoms with Crippen LogP contribution in [0.5, 0.6) is 0 Å². The normalized spacial score (nSPS) is 12.5. The number of hydrogen-bond acceptors (Lipinski definition) is 7. The molecule has 5 nitrogen and oxygen atoms in total. The van der Waals surface area contributed by atoms with Crippen LogP contribution >= 0.6 is 22.7 Å². The first-order chi connectivity index (χ1) is 21.7. The SMILES string of the molecule is O=C1C(=Cc2ccc(-c3ccc(-c4ccc(N(c5ccc(F)cc5)c5ccc(F)cc5)cc4)s3)s2)C(=O)c2nc(F)c(F)nc21. The van der Waals surface area contributed by atoms with Crippen LogP contribution in [0.15, 0.2) is 103 Å². The van der Waals surface area contributed by atoms with Crippen LogP contribution in [0.25, 0.3) is 26.3 Å². The minimum atomic E-state index is -1.53. The van der Waals surface area contributed by atoms with Gasteiger partial charge in [0.1, 0.15) is 23.0 Å². The van der Waals surface area contributed by atoms with Crippen molar-refractivity contribution in [2.75, 3.05) is 4.90 Å². The summed E-state index contributed by atoms with van der Waals surface area (Å²) in [6.07, 6.45) is 1.39. The molecule has 0 saturated heterocycles. The number of allylic oxidation sites excluding steroid dienone is 1. The summed E-state index contributed by atoms with van der Waals surface area (Å²) in [5, 5.41) is 0. The molecule has 0 saturated carbocycles. The van der Waals surface area contributed by atoms with Crippen molar-refractivity contribution in [1.82, 2.24) is 9.97 Å². The number of Topliss-reactive ketones (excluding diaryl/α,β-unsaturated/α-hetero) is 2. The van der Waals surface area contributed by atoms with Gasteiger partial charge in [0.05, 0.1) is 5.57 Å². The van der Waals surface area contributed by atoms with Crippen molar-refractivity contribution in [3.05, 3.63) is 142 Å². The predicted molar refractivity (Wildman–Crippen MR) is 166 cm³/mol. The van der Waals surface area contributed by atoms with Gasteiger partial charge in [0.25, 0.3) is 11.9 Å². The van der Waals surface area contributed by atoms with Crippen molar-refractivity contribution in [3.63, 3.8) is 0 Å². The molecule has 7 rings (SSSR count). The molecule has 45 heavy (non-hydrogen) atoms. The largest absolute Gasteiger partial charge is 0.310 e. The first-order valence-corrected chi connectivity index (χ1v) is 15.0. The Morgan fingerprint density at radius 1 is 0.533 bits per heavy atom. The van der Waals surface area contributed by atoms with E-state index in [0.717, 1.165) is 37.3 Å². The van der Waals surface area contributed by atoms with Crippen LogP contribution in [-0.4, -0.2) is 21.5 Å². The fourth-order valence-corrected chi connectivity index (χ4v) is 6.99. The highest BCUT2D eigenvalue weighted by Gasteiger charge is 2.37. The predicted octanol–water partition coefficient (Wildman–Crippen LogP) is 9.42. The van der Waals surface area contributed by atoms with E-state index >= 15 is 0 Å². The third-order valence-electron chi connectivity index (χ3n) is 7.08. The maximum absolute atomic E-state index is 13.6. The minimum Gasteiger partial charge on any atom is -0.310 e. The highest BCUT2D eigenvalue weighted by Crippen LogP contribution is 2.40. The second-order valence-electron chi connectivity index (χ2n) is 9.92. The van der Waals surface area contributed by atoms with E-state index < -0.39 is 34.8 Å². The average molecular weight is 640 g/mol. The Hall–Kier alpha value is -5.26. The number of halogens is 4. The van der Waals surface area contributed by atoms with Crippen molar-refractivity contribution in [1.29, 1.82) is 0 Å². The molecule has 11 heteroatoms. The number of carbonyl (C=O) groups is 2. The Labute approximate surface area is 261 Å². The van der Waals surface area contributed by atoms with Gasteiger partial charge in [0, 0.05) is 36.6 Å². The first-order valence-electron chi connectivity index (χ1n) is 13.4. The van der Waals surface area contributed by atoms with Crippen LogP contribution in [0.3, 0.4) is 0 Å². The maximum atomic E-state index is 13.6. The molecule has 0 fully saturated rings. The Balaban J connectivity index is 1.13. The van der Waals surface area contributed by atoms with Gasteiger partial charge in [-0.25, -0.2) is 18.7 Å². The number of ketones is 2. The molecular weight excluding hydrogens is 623 g/mol. The van der Waals surface area contributed by atoms with Gasteiger partial charge in [-0.05, 0) is 96.6 Å². The summed E-state index contributed by atoms with van der Waals surface area (Å²) in [5.41, 5.74) is 1.98. The molecule has 0 radical (unpaired) electrons. The number of benzene rings is 3. The number of rotatable bonds is 6. The summed E-state index contributed by atoms with van der Waals surface area (Å²) in [6, 6.07) is 27.5. The third kappa shape index (κ3) is 5.36. The number of aromatic nitrogens is 2. The minimum absolute atomic E-state index is 0.245. The molecule has 3 heterocycles. The molecule has 0 amide bonds. The summed E-state index contributed by atoms with van der Waals surface area (Å²) in [4.78, 5) is 37.2. The lowest BCUT2D eigenvalue weighted by Crippen LogP contribution is -2.09. The lowest BCUT2D eigenvalue weighted by molar-refractivity contribution is 0.0987. The van der Waals surface area contributed by atoms with E-state index in [1.54, 1.807) is 41.7 Å². The van der Waals surface area contributed by atoms with E-state index in [2.05, 4.69) is 9.97 Å². The maximum Gasteiger partial charge on any atom is 0.269 e. The van der Waals surface area contributed by atoms with Crippen LogP contribution in [0.1, 0.15) is 25.9 Å². The highest BCUT2D eigenvalue weighted by molar-refractivity contribution is 7.24. The molecule has 6 aromatic rings. The summed E-state index contributed by atoms with van der Waals surface area (Å²) < 4.78 is 54.3. The van der Waals surface area contributed by atoms with E-state index in [4.69, 9.17) is 0 Å². The lowest BCUT2D eigenvalue weighted by Gasteiger charge is -2.25. The fraction of sp³-hybridized carbons (Fsp3) is 0. The topological polar surface area (TPSA) is 63.2 Å². The fourth-order valence-electron chi connectivity index (χ4n) is 4.93. The zero-order valence-electron chi connectivity index (χ0n) is 22.8. The molecule has 0 aliphatic heterocycles. The van der Waals surface area contributed by atoms with Gasteiger partial charge in [-0.1, -0.05) is 12.1 Å². The molecule has 0 spiro atoms. The van der Waals surface area contributed by atoms with Gasteiger partial charge < -0.3 is 4.90 Å². The standard InChI is InChI=1S/C34H17F4N3O2S2/c35-19-3-9-22(10-4-19)41(23-11-5-20(36)6-12-23)21-7-1-18(2-8-21)26-15-16-28(45-26)27-14-13-24(44-27)17-25-31(42)29-30(32(25)43)40-34(38)33(37)39-29/h1-17H. The smallest absolute Gasteiger partial charge is 0.269 e. The molecule has 0 bridgehead atoms. The molecule has 3 aromatic carbocycles. The average Bonchev–Trinajstić information content (AvgIpc) is 3.77. The van der Waals surface area contributed by atoms with Crippen molar-refractivity contribution in [2.45, 2.75) is 0 Å². The number of fused-ring (bicyclic) bond motifs is 1. The van der Waals surface area contributed by atoms with Crippen molar-refractivity contribution in [3.8, 4) is 20.2 Å². The molecule has 3 aromatic heterocycles. The van der Waals surface area contributed by atoms with Gasteiger partial charge >= 0.3 is 0 Å². The van der Waals surface area contributed by atoms with E-state index in [9.17, 15) is 27.2 Å². The van der Waals surface area contributed by atoms with Gasteiger partial charge in [-0.15, -0.1) is 22.7 Å². The van der Waals surface area contributed by atoms with Crippen molar-refractivity contribution < 1.29 is 27.2 Å². The molecule has 0 atom stereocenters. The second kappa shape index (κ2) is 11.3. The molecule has 220 valence electrons. The van der Waals surface area contributed by atoms with Crippen molar-refractivity contribution >= 4 is 57.4 Å². The first kappa shape index (κ1) is 28.5. The zero-order chi connectivity index (χ0) is 31.2. The number of anilines is 3. The Morgan fingerprint density at radius 3 is 1.51 bits per heavy atom. The summed E-state index contributed by atoms with van der Waals surface area (Å²) in [7, 11) is 0. The molecule has 0 unspecified atom stereocenters. The lowest BCUT2D eigenvalue weighted by atomic mass is 10.1. The molecule has 1 aliphatic rings. The quantitative estimate of drug-likeness (QED) is 0.103. The van der Waals surface area contributed by atoms with Gasteiger partial charge in [0.15, 0.2) is 0 Å². The summed E-state index contributed by atoms with van der Waals surface area (Å²) >= 11 is 2.91. The zero-order valence-corrected chi connectivity index (χ0v) is 24.4. The van der Waals surface area contributed by atoms with Crippen LogP contribution < -0.4 is 4.90 Å². The molecule has 1 aliphatic carbocycles. The van der Waals surface area contributed by atoms with E-state index in [1.807, 2.05) is 47.4 Å². The monoisotopic (exact) mass is 639 g/mol. The van der Waals surface area contributed by atoms with Crippen LogP contribution in [-0.2, 0) is 0 Å². The third-order valence-corrected chi connectivity index (χ3v) is 9.44. The van der Waals surface area contributed by atoms with Crippen LogP contribution in [0.2, 0.25) is 0 Å². The van der Waals surface area contributed by atoms with Gasteiger partial charge in [-0.2, -0.15) is 8.78 Å². The number of hydrogen-bond donors (Lipinski definition) is 0. The van der Waals surface area contributed by atoms with E-state index in [0.29, 0.717) is 4.88 Å².